The minimum Gasteiger partial charge on any atom is -0.394 e. The molecule has 88 valence electrons. The summed E-state index contributed by atoms with van der Waals surface area (Å²) in [5.41, 5.74) is 4.67. The van der Waals surface area contributed by atoms with Crippen molar-refractivity contribution in [3.63, 3.8) is 0 Å². The highest BCUT2D eigenvalue weighted by Gasteiger charge is 1.87. The van der Waals surface area contributed by atoms with Gasteiger partial charge < -0.3 is 20.8 Å². The van der Waals surface area contributed by atoms with E-state index in [1.54, 1.807) is 27.9 Å². The Labute approximate surface area is 86.5 Å². The molecule has 1 amide bonds. The maximum absolute atomic E-state index is 10.1. The van der Waals surface area contributed by atoms with Gasteiger partial charge in [0.15, 0.2) is 0 Å². The summed E-state index contributed by atoms with van der Waals surface area (Å²) in [7, 11) is 3.45. The van der Waals surface area contributed by atoms with Gasteiger partial charge in [-0.1, -0.05) is 0 Å². The molecule has 1 unspecified atom stereocenters. The molecule has 0 aromatic heterocycles. The van der Waals surface area contributed by atoms with Crippen molar-refractivity contribution in [2.45, 2.75) is 40.0 Å². The molecule has 0 bridgehead atoms. The minimum atomic E-state index is -0.667. The molecular formula is C9H24N2O3. The van der Waals surface area contributed by atoms with Crippen molar-refractivity contribution in [2.75, 3.05) is 14.1 Å². The van der Waals surface area contributed by atoms with Gasteiger partial charge in [0.2, 0.25) is 5.91 Å². The Balaban J connectivity index is -0.000000135. The zero-order valence-electron chi connectivity index (χ0n) is 9.98. The zero-order chi connectivity index (χ0) is 12.3. The molecule has 1 atom stereocenters. The second-order valence-corrected chi connectivity index (χ2v) is 3.25. The molecule has 0 rings (SSSR count). The van der Waals surface area contributed by atoms with E-state index in [4.69, 9.17) is 10.2 Å². The summed E-state index contributed by atoms with van der Waals surface area (Å²) in [4.78, 5) is 11.6. The Morgan fingerprint density at radius 1 is 1.21 bits per heavy atom. The number of rotatable bonds is 0. The highest BCUT2D eigenvalue weighted by Crippen LogP contribution is 1.69. The monoisotopic (exact) mass is 208 g/mol. The molecule has 0 aliphatic heterocycles. The standard InChI is InChI=1S/C4H9NO.C3H8O.C2H7NO/c1-4(6)5(2)3;1-3(2)4;1-2(3)4/h1-3H3;3-4H,1-2H3;2,4H,3H2,1H3. The number of nitrogens with zero attached hydrogens (tertiary/aromatic N) is 1. The van der Waals surface area contributed by atoms with Crippen LogP contribution in [0, 0.1) is 0 Å². The Bertz CT molecular complexity index is 114. The van der Waals surface area contributed by atoms with E-state index in [2.05, 4.69) is 5.73 Å². The van der Waals surface area contributed by atoms with Crippen LogP contribution < -0.4 is 5.73 Å². The molecule has 0 aliphatic rings. The second kappa shape index (κ2) is 12.3. The third kappa shape index (κ3) is 108. The molecule has 0 aliphatic carbocycles. The van der Waals surface area contributed by atoms with Gasteiger partial charge in [0.25, 0.3) is 0 Å². The Morgan fingerprint density at radius 2 is 1.29 bits per heavy atom. The van der Waals surface area contributed by atoms with E-state index in [0.29, 0.717) is 0 Å². The van der Waals surface area contributed by atoms with Crippen LogP contribution in [0.1, 0.15) is 27.7 Å². The molecule has 0 aromatic carbocycles. The molecule has 0 saturated carbocycles. The van der Waals surface area contributed by atoms with E-state index in [9.17, 15) is 4.79 Å². The van der Waals surface area contributed by atoms with Crippen LogP contribution in [0.5, 0.6) is 0 Å². The van der Waals surface area contributed by atoms with Gasteiger partial charge in [-0.3, -0.25) is 4.79 Å². The van der Waals surface area contributed by atoms with Crippen molar-refractivity contribution in [1.29, 1.82) is 0 Å². The van der Waals surface area contributed by atoms with E-state index >= 15 is 0 Å². The SMILES string of the molecule is CC(=O)N(C)C.CC(C)O.CC(N)O. The number of nitrogens with two attached hydrogens (primary N) is 1. The smallest absolute Gasteiger partial charge is 0.218 e. The highest BCUT2D eigenvalue weighted by atomic mass is 16.3. The number of hydrogen-bond donors (Lipinski definition) is 3. The first-order valence-corrected chi connectivity index (χ1v) is 4.40. The highest BCUT2D eigenvalue weighted by molar-refractivity contribution is 5.72. The molecule has 14 heavy (non-hydrogen) atoms. The molecule has 5 nitrogen and oxygen atoms in total. The van der Waals surface area contributed by atoms with Crippen LogP contribution in [0.2, 0.25) is 0 Å². The Hall–Kier alpha value is -0.650. The van der Waals surface area contributed by atoms with E-state index < -0.39 is 6.23 Å². The van der Waals surface area contributed by atoms with Gasteiger partial charge in [-0.25, -0.2) is 0 Å². The average Bonchev–Trinajstić information content (AvgIpc) is 1.83. The number of carbonyl (C=O) groups excluding carboxylic acids is 1. The minimum absolute atomic E-state index is 0.0926. The first-order chi connectivity index (χ1) is 6.11. The van der Waals surface area contributed by atoms with Gasteiger partial charge in [0.1, 0.15) is 0 Å². The normalized spacial score (nSPS) is 10.4. The van der Waals surface area contributed by atoms with Crippen LogP contribution in [0.15, 0.2) is 0 Å². The van der Waals surface area contributed by atoms with Gasteiger partial charge >= 0.3 is 0 Å². The lowest BCUT2D eigenvalue weighted by molar-refractivity contribution is -0.126. The van der Waals surface area contributed by atoms with Crippen molar-refractivity contribution >= 4 is 5.91 Å². The van der Waals surface area contributed by atoms with Crippen LogP contribution in [0.4, 0.5) is 0 Å². The number of aliphatic hydroxyl groups excluding tert-OH is 2. The van der Waals surface area contributed by atoms with Crippen LogP contribution >= 0.6 is 0 Å². The van der Waals surface area contributed by atoms with Gasteiger partial charge in [0.05, 0.1) is 6.23 Å². The lowest BCUT2D eigenvalue weighted by atomic mass is 10.5. The summed E-state index contributed by atoms with van der Waals surface area (Å²) >= 11 is 0. The summed E-state index contributed by atoms with van der Waals surface area (Å²) in [5.74, 6) is 0.0926. The van der Waals surface area contributed by atoms with E-state index in [1.165, 1.54) is 18.7 Å². The molecule has 0 spiro atoms. The van der Waals surface area contributed by atoms with Crippen LogP contribution in [-0.4, -0.2) is 47.4 Å². The van der Waals surface area contributed by atoms with Crippen molar-refractivity contribution in [3.05, 3.63) is 0 Å². The Morgan fingerprint density at radius 3 is 1.29 bits per heavy atom. The lowest BCUT2D eigenvalue weighted by Gasteiger charge is -2.02. The fourth-order valence-corrected chi connectivity index (χ4v) is 0. The molecule has 5 heteroatoms. The van der Waals surface area contributed by atoms with Crippen molar-refractivity contribution in [3.8, 4) is 0 Å². The van der Waals surface area contributed by atoms with Crippen LogP contribution in [0.3, 0.4) is 0 Å². The summed E-state index contributed by atoms with van der Waals surface area (Å²) in [6.45, 7) is 6.47. The van der Waals surface area contributed by atoms with E-state index in [-0.39, 0.29) is 12.0 Å². The third-order valence-corrected chi connectivity index (χ3v) is 0.630. The molecule has 0 heterocycles. The zero-order valence-corrected chi connectivity index (χ0v) is 9.98. The molecule has 0 radical (unpaired) electrons. The average molecular weight is 208 g/mol. The predicted molar refractivity (Wildman–Crippen MR) is 57.6 cm³/mol. The molecule has 4 N–H and O–H groups in total. The lowest BCUT2D eigenvalue weighted by Crippen LogP contribution is -2.17. The largest absolute Gasteiger partial charge is 0.394 e. The summed E-state index contributed by atoms with van der Waals surface area (Å²) in [6, 6.07) is 0. The topological polar surface area (TPSA) is 86.8 Å². The van der Waals surface area contributed by atoms with Gasteiger partial charge in [-0.2, -0.15) is 0 Å². The van der Waals surface area contributed by atoms with Crippen molar-refractivity contribution in [1.82, 2.24) is 4.90 Å². The number of amides is 1. The predicted octanol–water partition coefficient (Wildman–Crippen LogP) is -0.235. The number of hydrogen-bond acceptors (Lipinski definition) is 4. The first kappa shape index (κ1) is 19.0. The van der Waals surface area contributed by atoms with Crippen LogP contribution in [0.25, 0.3) is 0 Å². The maximum Gasteiger partial charge on any atom is 0.218 e. The third-order valence-electron chi connectivity index (χ3n) is 0.630. The quantitative estimate of drug-likeness (QED) is 0.480. The summed E-state index contributed by atoms with van der Waals surface area (Å²) in [6.07, 6.45) is -0.833. The molecule has 0 saturated heterocycles. The molecular weight excluding hydrogens is 184 g/mol. The van der Waals surface area contributed by atoms with Crippen molar-refractivity contribution < 1.29 is 15.0 Å². The first-order valence-electron chi connectivity index (χ1n) is 4.40. The maximum atomic E-state index is 10.1. The molecule has 0 aromatic rings. The fourth-order valence-electron chi connectivity index (χ4n) is 0. The van der Waals surface area contributed by atoms with Crippen LogP contribution in [-0.2, 0) is 4.79 Å². The number of carbonyl (C=O) groups is 1. The van der Waals surface area contributed by atoms with Gasteiger partial charge in [-0.05, 0) is 20.8 Å². The van der Waals surface area contributed by atoms with Gasteiger partial charge in [0, 0.05) is 27.1 Å². The fraction of sp³-hybridized carbons (Fsp3) is 0.889. The Kier molecular flexibility index (Phi) is 16.8. The summed E-state index contributed by atoms with van der Waals surface area (Å²) in [5, 5.41) is 15.9. The summed E-state index contributed by atoms with van der Waals surface area (Å²) < 4.78 is 0. The second-order valence-electron chi connectivity index (χ2n) is 3.25. The van der Waals surface area contributed by atoms with Crippen molar-refractivity contribution in [2.24, 2.45) is 5.73 Å². The van der Waals surface area contributed by atoms with E-state index in [0.717, 1.165) is 0 Å². The number of aliphatic hydroxyl groups is 2. The molecule has 0 fully saturated rings. The van der Waals surface area contributed by atoms with E-state index in [1.807, 2.05) is 0 Å². The van der Waals surface area contributed by atoms with Gasteiger partial charge in [-0.15, -0.1) is 0 Å².